The maximum Gasteiger partial charge on any atom is 0.185 e. The molecule has 0 bridgehead atoms. The molecule has 0 unspecified atom stereocenters. The molecule has 1 aromatic heterocycles. The van der Waals surface area contributed by atoms with E-state index in [2.05, 4.69) is 44.8 Å². The third kappa shape index (κ3) is 4.19. The Morgan fingerprint density at radius 1 is 1.30 bits per heavy atom. The third-order valence-corrected chi connectivity index (χ3v) is 5.34. The lowest BCUT2D eigenvalue weighted by atomic mass is 9.95. The van der Waals surface area contributed by atoms with E-state index in [-0.39, 0.29) is 5.54 Å². The first-order chi connectivity index (χ1) is 9.39. The lowest BCUT2D eigenvalue weighted by Crippen LogP contribution is -2.35. The summed E-state index contributed by atoms with van der Waals surface area (Å²) in [5.74, 6) is 0.925. The van der Waals surface area contributed by atoms with Crippen LogP contribution in [0.5, 0.6) is 0 Å². The molecule has 3 nitrogen and oxygen atoms in total. The highest BCUT2D eigenvalue weighted by Gasteiger charge is 2.21. The third-order valence-electron chi connectivity index (χ3n) is 4.12. The number of hydrogen-bond acceptors (Lipinski definition) is 4. The van der Waals surface area contributed by atoms with Gasteiger partial charge in [-0.1, -0.05) is 13.3 Å². The zero-order valence-corrected chi connectivity index (χ0v) is 14.4. The van der Waals surface area contributed by atoms with Gasteiger partial charge in [0.1, 0.15) is 0 Å². The van der Waals surface area contributed by atoms with E-state index in [1.807, 2.05) is 11.3 Å². The Hall–Kier alpha value is -0.610. The van der Waals surface area contributed by atoms with E-state index in [9.17, 15) is 0 Å². The van der Waals surface area contributed by atoms with Crippen molar-refractivity contribution < 1.29 is 0 Å². The Kier molecular flexibility index (Phi) is 5.08. The van der Waals surface area contributed by atoms with E-state index in [1.54, 1.807) is 0 Å². The topological polar surface area (TPSA) is 28.2 Å². The number of nitrogens with one attached hydrogen (secondary N) is 1. The van der Waals surface area contributed by atoms with Gasteiger partial charge in [-0.05, 0) is 46.5 Å². The number of piperidine rings is 1. The quantitative estimate of drug-likeness (QED) is 0.911. The van der Waals surface area contributed by atoms with Gasteiger partial charge in [0.2, 0.25) is 0 Å². The largest absolute Gasteiger partial charge is 0.348 e. The summed E-state index contributed by atoms with van der Waals surface area (Å²) >= 11 is 1.87. The van der Waals surface area contributed by atoms with E-state index in [0.29, 0.717) is 0 Å². The molecule has 0 aromatic carbocycles. The average Bonchev–Trinajstić information content (AvgIpc) is 2.77. The van der Waals surface area contributed by atoms with Crippen LogP contribution in [0, 0.1) is 12.8 Å². The van der Waals surface area contributed by atoms with Gasteiger partial charge in [0.25, 0.3) is 0 Å². The minimum absolute atomic E-state index is 0.163. The zero-order chi connectivity index (χ0) is 14.8. The van der Waals surface area contributed by atoms with Crippen molar-refractivity contribution in [1.29, 1.82) is 0 Å². The summed E-state index contributed by atoms with van der Waals surface area (Å²) < 4.78 is 0. The van der Waals surface area contributed by atoms with Gasteiger partial charge in [0.15, 0.2) is 5.13 Å². The van der Waals surface area contributed by atoms with Crippen molar-refractivity contribution in [1.82, 2.24) is 10.3 Å². The Morgan fingerprint density at radius 3 is 2.50 bits per heavy atom. The van der Waals surface area contributed by atoms with Crippen molar-refractivity contribution in [2.75, 3.05) is 18.0 Å². The van der Waals surface area contributed by atoms with Crippen LogP contribution in [0.2, 0.25) is 0 Å². The number of aryl methyl sites for hydroxylation is 1. The molecule has 4 heteroatoms. The summed E-state index contributed by atoms with van der Waals surface area (Å²) in [5, 5.41) is 4.79. The van der Waals surface area contributed by atoms with Gasteiger partial charge in [0, 0.05) is 30.1 Å². The molecule has 1 fully saturated rings. The molecule has 1 saturated heterocycles. The zero-order valence-electron chi connectivity index (χ0n) is 13.6. The summed E-state index contributed by atoms with van der Waals surface area (Å²) in [7, 11) is 0. The van der Waals surface area contributed by atoms with Crippen LogP contribution in [0.4, 0.5) is 5.13 Å². The van der Waals surface area contributed by atoms with Crippen molar-refractivity contribution in [2.45, 2.75) is 66.0 Å². The molecule has 2 heterocycles. The van der Waals surface area contributed by atoms with Crippen LogP contribution in [-0.2, 0) is 6.54 Å². The predicted molar refractivity (Wildman–Crippen MR) is 88.7 cm³/mol. The maximum atomic E-state index is 4.79. The van der Waals surface area contributed by atoms with E-state index in [1.165, 1.54) is 48.1 Å². The first-order valence-electron chi connectivity index (χ1n) is 7.85. The molecule has 0 aliphatic carbocycles. The van der Waals surface area contributed by atoms with Gasteiger partial charge < -0.3 is 10.2 Å². The Balaban J connectivity index is 1.97. The summed E-state index contributed by atoms with van der Waals surface area (Å²) in [5.41, 5.74) is 1.36. The number of anilines is 1. The molecule has 1 aromatic rings. The second kappa shape index (κ2) is 6.44. The van der Waals surface area contributed by atoms with Crippen molar-refractivity contribution >= 4 is 16.5 Å². The van der Waals surface area contributed by atoms with Gasteiger partial charge >= 0.3 is 0 Å². The molecular weight excluding hydrogens is 266 g/mol. The molecule has 0 amide bonds. The minimum Gasteiger partial charge on any atom is -0.348 e. The van der Waals surface area contributed by atoms with Crippen molar-refractivity contribution in [3.8, 4) is 0 Å². The predicted octanol–water partition coefficient (Wildman–Crippen LogP) is 3.97. The molecular formula is C16H29N3S. The summed E-state index contributed by atoms with van der Waals surface area (Å²) in [6, 6.07) is 0. The summed E-state index contributed by atoms with van der Waals surface area (Å²) in [4.78, 5) is 8.65. The standard InChI is InChI=1S/C16H29N3S/c1-6-13-7-9-19(10-8-13)15-18-12(2)14(20-15)11-17-16(3,4)5/h13,17H,6-11H2,1-5H3. The summed E-state index contributed by atoms with van der Waals surface area (Å²) in [6.45, 7) is 14.4. The van der Waals surface area contributed by atoms with Crippen LogP contribution in [-0.4, -0.2) is 23.6 Å². The number of hydrogen-bond donors (Lipinski definition) is 1. The Bertz CT molecular complexity index is 425. The first kappa shape index (κ1) is 15.8. The van der Waals surface area contributed by atoms with Crippen molar-refractivity contribution in [2.24, 2.45) is 5.92 Å². The van der Waals surface area contributed by atoms with Crippen molar-refractivity contribution in [3.63, 3.8) is 0 Å². The van der Waals surface area contributed by atoms with E-state index < -0.39 is 0 Å². The van der Waals surface area contributed by atoms with Gasteiger partial charge in [-0.25, -0.2) is 4.98 Å². The van der Waals surface area contributed by atoms with Crippen LogP contribution >= 0.6 is 11.3 Å². The second-order valence-corrected chi connectivity index (χ2v) is 8.01. The fourth-order valence-electron chi connectivity index (χ4n) is 2.59. The monoisotopic (exact) mass is 295 g/mol. The highest BCUT2D eigenvalue weighted by molar-refractivity contribution is 7.15. The van der Waals surface area contributed by atoms with E-state index >= 15 is 0 Å². The molecule has 0 atom stereocenters. The molecule has 1 aliphatic heterocycles. The maximum absolute atomic E-state index is 4.79. The van der Waals surface area contributed by atoms with Gasteiger partial charge in [-0.15, -0.1) is 11.3 Å². The SMILES string of the molecule is CCC1CCN(c2nc(C)c(CNC(C)(C)C)s2)CC1. The lowest BCUT2D eigenvalue weighted by molar-refractivity contribution is 0.395. The van der Waals surface area contributed by atoms with Gasteiger partial charge in [0.05, 0.1) is 5.69 Å². The highest BCUT2D eigenvalue weighted by atomic mass is 32.1. The fraction of sp³-hybridized carbons (Fsp3) is 0.812. The molecule has 0 radical (unpaired) electrons. The Labute approximate surface area is 127 Å². The van der Waals surface area contributed by atoms with Crippen LogP contribution in [0.3, 0.4) is 0 Å². The van der Waals surface area contributed by atoms with E-state index in [4.69, 9.17) is 4.98 Å². The normalized spacial score (nSPS) is 17.8. The fourth-order valence-corrected chi connectivity index (χ4v) is 3.64. The van der Waals surface area contributed by atoms with E-state index in [0.717, 1.165) is 12.5 Å². The molecule has 2 rings (SSSR count). The van der Waals surface area contributed by atoms with Gasteiger partial charge in [-0.2, -0.15) is 0 Å². The first-order valence-corrected chi connectivity index (χ1v) is 8.67. The number of rotatable bonds is 4. The number of nitrogens with zero attached hydrogens (tertiary/aromatic N) is 2. The Morgan fingerprint density at radius 2 is 1.95 bits per heavy atom. The second-order valence-electron chi connectivity index (χ2n) is 6.95. The average molecular weight is 295 g/mol. The molecule has 0 saturated carbocycles. The van der Waals surface area contributed by atoms with Crippen molar-refractivity contribution in [3.05, 3.63) is 10.6 Å². The van der Waals surface area contributed by atoms with Gasteiger partial charge in [-0.3, -0.25) is 0 Å². The minimum atomic E-state index is 0.163. The molecule has 114 valence electrons. The van der Waals surface area contributed by atoms with Crippen LogP contribution in [0.1, 0.15) is 57.5 Å². The molecule has 20 heavy (non-hydrogen) atoms. The van der Waals surface area contributed by atoms with Crippen LogP contribution in [0.15, 0.2) is 0 Å². The van der Waals surface area contributed by atoms with Crippen LogP contribution in [0.25, 0.3) is 0 Å². The van der Waals surface area contributed by atoms with Crippen LogP contribution < -0.4 is 10.2 Å². The molecule has 0 spiro atoms. The highest BCUT2D eigenvalue weighted by Crippen LogP contribution is 2.30. The number of thiazole rings is 1. The molecule has 1 N–H and O–H groups in total. The smallest absolute Gasteiger partial charge is 0.185 e. The molecule has 1 aliphatic rings. The number of aromatic nitrogens is 1. The lowest BCUT2D eigenvalue weighted by Gasteiger charge is -2.31. The summed E-state index contributed by atoms with van der Waals surface area (Å²) in [6.07, 6.45) is 3.97.